The van der Waals surface area contributed by atoms with Crippen LogP contribution >= 0.6 is 22.6 Å². The number of aliphatic hydroxyl groups excluding tert-OH is 1. The third kappa shape index (κ3) is 3.51. The molecule has 1 aliphatic heterocycles. The van der Waals surface area contributed by atoms with Crippen LogP contribution in [0, 0.1) is 14.9 Å². The van der Waals surface area contributed by atoms with Gasteiger partial charge >= 0.3 is 6.18 Å². The quantitative estimate of drug-likeness (QED) is 0.539. The van der Waals surface area contributed by atoms with Gasteiger partial charge < -0.3 is 10.4 Å². The third-order valence-electron chi connectivity index (χ3n) is 3.13. The van der Waals surface area contributed by atoms with Gasteiger partial charge in [-0.2, -0.15) is 18.4 Å². The van der Waals surface area contributed by atoms with Crippen molar-refractivity contribution in [2.24, 2.45) is 0 Å². The number of halogens is 4. The molecule has 2 N–H and O–H groups in total. The molecule has 1 heterocycles. The average Bonchev–Trinajstić information content (AvgIpc) is 2.76. The van der Waals surface area contributed by atoms with Gasteiger partial charge in [-0.25, -0.2) is 0 Å². The molecule has 2 rings (SSSR count). The number of imide groups is 1. The molecule has 1 aromatic rings. The van der Waals surface area contributed by atoms with Crippen LogP contribution in [0.3, 0.4) is 0 Å². The van der Waals surface area contributed by atoms with Gasteiger partial charge in [0.1, 0.15) is 11.8 Å². The molecule has 1 aromatic carbocycles. The van der Waals surface area contributed by atoms with E-state index >= 15 is 0 Å². The number of nitrogens with one attached hydrogen (secondary N) is 1. The summed E-state index contributed by atoms with van der Waals surface area (Å²) in [6, 6.07) is 3.14. The summed E-state index contributed by atoms with van der Waals surface area (Å²) in [5, 5.41) is 20.5. The zero-order valence-electron chi connectivity index (χ0n) is 11.8. The van der Waals surface area contributed by atoms with Gasteiger partial charge in [0.25, 0.3) is 11.8 Å². The number of benzene rings is 1. The Morgan fingerprint density at radius 3 is 2.54 bits per heavy atom. The lowest BCUT2D eigenvalue weighted by Gasteiger charge is -2.16. The number of nitrogens with zero attached hydrogens (tertiary/aromatic N) is 2. The van der Waals surface area contributed by atoms with Crippen molar-refractivity contribution in [1.29, 1.82) is 5.26 Å². The van der Waals surface area contributed by atoms with Crippen LogP contribution in [-0.2, 0) is 15.8 Å². The Hall–Kier alpha value is -2.13. The van der Waals surface area contributed by atoms with Crippen molar-refractivity contribution >= 4 is 40.1 Å². The smallest absolute Gasteiger partial charge is 0.395 e. The molecule has 24 heavy (non-hydrogen) atoms. The lowest BCUT2D eigenvalue weighted by atomic mass is 10.1. The number of aliphatic hydroxyl groups is 1. The minimum absolute atomic E-state index is 0.00403. The van der Waals surface area contributed by atoms with Crippen molar-refractivity contribution < 1.29 is 27.9 Å². The normalized spacial score (nSPS) is 14.7. The summed E-state index contributed by atoms with van der Waals surface area (Å²) in [6.45, 7) is -0.617. The van der Waals surface area contributed by atoms with Gasteiger partial charge in [-0.15, -0.1) is 0 Å². The molecule has 0 bridgehead atoms. The molecule has 0 fully saturated rings. The second-order valence-corrected chi connectivity index (χ2v) is 5.85. The van der Waals surface area contributed by atoms with Crippen LogP contribution in [0.5, 0.6) is 0 Å². The van der Waals surface area contributed by atoms with Crippen molar-refractivity contribution in [1.82, 2.24) is 4.90 Å². The van der Waals surface area contributed by atoms with Gasteiger partial charge in [0.05, 0.1) is 30.0 Å². The number of alkyl halides is 3. The summed E-state index contributed by atoms with van der Waals surface area (Å²) in [6.07, 6.45) is -3.65. The number of β-amino-alcohol motifs (C(OH)–C–C–N with tert-alkyl or cyclic N) is 1. The van der Waals surface area contributed by atoms with Gasteiger partial charge in [-0.1, -0.05) is 0 Å². The van der Waals surface area contributed by atoms with Crippen molar-refractivity contribution in [3.63, 3.8) is 0 Å². The number of carbonyl (C=O) groups is 2. The minimum atomic E-state index is -4.61. The zero-order chi connectivity index (χ0) is 18.1. The molecule has 6 nitrogen and oxygen atoms in total. The fourth-order valence-corrected chi connectivity index (χ4v) is 2.79. The number of hydrogen-bond acceptors (Lipinski definition) is 5. The highest BCUT2D eigenvalue weighted by Gasteiger charge is 2.34. The molecule has 0 radical (unpaired) electrons. The predicted molar refractivity (Wildman–Crippen MR) is 84.4 cm³/mol. The van der Waals surface area contributed by atoms with E-state index in [-0.39, 0.29) is 27.1 Å². The number of rotatable bonds is 4. The second-order valence-electron chi connectivity index (χ2n) is 4.69. The van der Waals surface area contributed by atoms with Crippen LogP contribution in [0.2, 0.25) is 0 Å². The largest absolute Gasteiger partial charge is 0.416 e. The molecular weight excluding hydrogens is 442 g/mol. The Balaban J connectivity index is 2.38. The standard InChI is InChI=1S/C14H9F3IN3O3/c15-14(16,17)8-3-7(6-19)12(9(18)4-8)20-10-5-11(23)21(1-2-22)13(10)24/h3-5,20,22H,1-2H2. The number of nitriles is 1. The predicted octanol–water partition coefficient (Wildman–Crippen LogP) is 1.84. The summed E-state index contributed by atoms with van der Waals surface area (Å²) in [4.78, 5) is 24.5. The van der Waals surface area contributed by atoms with E-state index < -0.39 is 30.2 Å². The molecule has 0 unspecified atom stereocenters. The molecule has 126 valence electrons. The van der Waals surface area contributed by atoms with E-state index in [0.717, 1.165) is 17.0 Å². The molecular formula is C14H9F3IN3O3. The highest BCUT2D eigenvalue weighted by atomic mass is 127. The Labute approximate surface area is 147 Å². The topological polar surface area (TPSA) is 93.4 Å². The van der Waals surface area contributed by atoms with Crippen molar-refractivity contribution in [3.05, 3.63) is 38.6 Å². The van der Waals surface area contributed by atoms with Gasteiger partial charge in [-0.3, -0.25) is 14.5 Å². The fraction of sp³-hybridized carbons (Fsp3) is 0.214. The number of amides is 2. The fourth-order valence-electron chi connectivity index (χ4n) is 2.03. The third-order valence-corrected chi connectivity index (χ3v) is 3.98. The highest BCUT2D eigenvalue weighted by molar-refractivity contribution is 14.1. The van der Waals surface area contributed by atoms with Crippen molar-refractivity contribution in [3.8, 4) is 6.07 Å². The van der Waals surface area contributed by atoms with Gasteiger partial charge in [0, 0.05) is 9.65 Å². The number of carbonyl (C=O) groups excluding carboxylic acids is 2. The van der Waals surface area contributed by atoms with Crippen molar-refractivity contribution in [2.75, 3.05) is 18.5 Å². The van der Waals surface area contributed by atoms with E-state index in [0.29, 0.717) is 6.07 Å². The first-order chi connectivity index (χ1) is 11.2. The van der Waals surface area contributed by atoms with E-state index in [9.17, 15) is 22.8 Å². The van der Waals surface area contributed by atoms with Crippen LogP contribution in [-0.4, -0.2) is 35.0 Å². The molecule has 2 amide bonds. The first-order valence-electron chi connectivity index (χ1n) is 6.45. The Kier molecular flexibility index (Phi) is 5.14. The SMILES string of the molecule is N#Cc1cc(C(F)(F)F)cc(I)c1NC1=CC(=O)N(CCO)C1=O. The monoisotopic (exact) mass is 451 g/mol. The van der Waals surface area contributed by atoms with Crippen LogP contribution in [0.4, 0.5) is 18.9 Å². The van der Waals surface area contributed by atoms with Gasteiger partial charge in [0.15, 0.2) is 0 Å². The summed E-state index contributed by atoms with van der Waals surface area (Å²) >= 11 is 1.61. The maximum absolute atomic E-state index is 12.8. The second kappa shape index (κ2) is 6.78. The molecule has 0 saturated carbocycles. The summed E-state index contributed by atoms with van der Waals surface area (Å²) in [5.74, 6) is -1.38. The van der Waals surface area contributed by atoms with Crippen LogP contribution in [0.15, 0.2) is 23.9 Å². The lowest BCUT2D eigenvalue weighted by Crippen LogP contribution is -2.34. The van der Waals surface area contributed by atoms with E-state index in [4.69, 9.17) is 10.4 Å². The molecule has 10 heteroatoms. The van der Waals surface area contributed by atoms with Crippen LogP contribution < -0.4 is 5.32 Å². The molecule has 0 spiro atoms. The van der Waals surface area contributed by atoms with E-state index in [1.807, 2.05) is 0 Å². The van der Waals surface area contributed by atoms with E-state index in [1.165, 1.54) is 0 Å². The highest BCUT2D eigenvalue weighted by Crippen LogP contribution is 2.35. The van der Waals surface area contributed by atoms with Crippen molar-refractivity contribution in [2.45, 2.75) is 6.18 Å². The summed E-state index contributed by atoms with van der Waals surface area (Å²) in [7, 11) is 0. The molecule has 0 atom stereocenters. The first kappa shape index (κ1) is 18.2. The van der Waals surface area contributed by atoms with E-state index in [2.05, 4.69) is 5.32 Å². The Morgan fingerprint density at radius 2 is 2.00 bits per heavy atom. The van der Waals surface area contributed by atoms with Gasteiger partial charge in [0.2, 0.25) is 0 Å². The first-order valence-corrected chi connectivity index (χ1v) is 7.53. The number of anilines is 1. The summed E-state index contributed by atoms with van der Waals surface area (Å²) in [5.41, 5.74) is -1.47. The molecule has 0 saturated heterocycles. The summed E-state index contributed by atoms with van der Waals surface area (Å²) < 4.78 is 38.5. The Morgan fingerprint density at radius 1 is 1.33 bits per heavy atom. The maximum Gasteiger partial charge on any atom is 0.416 e. The maximum atomic E-state index is 12.8. The minimum Gasteiger partial charge on any atom is -0.395 e. The van der Waals surface area contributed by atoms with Crippen LogP contribution in [0.1, 0.15) is 11.1 Å². The zero-order valence-corrected chi connectivity index (χ0v) is 14.0. The van der Waals surface area contributed by atoms with Crippen LogP contribution in [0.25, 0.3) is 0 Å². The lowest BCUT2D eigenvalue weighted by molar-refractivity contribution is -0.138. The molecule has 0 aliphatic carbocycles. The number of hydrogen-bond donors (Lipinski definition) is 2. The molecule has 1 aliphatic rings. The van der Waals surface area contributed by atoms with E-state index in [1.54, 1.807) is 28.7 Å². The average molecular weight is 451 g/mol. The molecule has 0 aromatic heterocycles. The van der Waals surface area contributed by atoms with Gasteiger partial charge in [-0.05, 0) is 34.7 Å². The Bertz CT molecular complexity index is 784.